The van der Waals surface area contributed by atoms with Crippen molar-refractivity contribution < 1.29 is 14.3 Å². The van der Waals surface area contributed by atoms with Gasteiger partial charge in [-0.2, -0.15) is 0 Å². The number of thioether (sulfide) groups is 1. The Balaban J connectivity index is 1.49. The number of halogens is 1. The van der Waals surface area contributed by atoms with Crippen LogP contribution in [0.5, 0.6) is 5.75 Å². The Kier molecular flexibility index (Phi) is 6.97. The van der Waals surface area contributed by atoms with E-state index >= 15 is 0 Å². The van der Waals surface area contributed by atoms with Gasteiger partial charge in [-0.1, -0.05) is 17.7 Å². The Bertz CT molecular complexity index is 960. The first-order valence-electron chi connectivity index (χ1n) is 8.26. The lowest BCUT2D eigenvalue weighted by molar-refractivity contribution is -0.113. The van der Waals surface area contributed by atoms with Gasteiger partial charge in [0.15, 0.2) is 0 Å². The highest BCUT2D eigenvalue weighted by atomic mass is 35.5. The summed E-state index contributed by atoms with van der Waals surface area (Å²) in [5.41, 5.74) is 1.32. The maximum Gasteiger partial charge on any atom is 0.265 e. The second-order valence-corrected chi connectivity index (χ2v) is 8.05. The molecule has 0 aliphatic heterocycles. The van der Waals surface area contributed by atoms with Crippen LogP contribution in [0.2, 0.25) is 5.02 Å². The zero-order valence-electron chi connectivity index (χ0n) is 14.9. The molecule has 2 amide bonds. The summed E-state index contributed by atoms with van der Waals surface area (Å²) in [6.07, 6.45) is 0. The molecule has 0 unspecified atom stereocenters. The Morgan fingerprint density at radius 3 is 2.46 bits per heavy atom. The summed E-state index contributed by atoms with van der Waals surface area (Å²) in [4.78, 5) is 25.8. The fraction of sp³-hybridized carbons (Fsp3) is 0.100. The van der Waals surface area contributed by atoms with Crippen molar-refractivity contribution >= 4 is 57.9 Å². The molecule has 0 aliphatic rings. The van der Waals surface area contributed by atoms with Crippen molar-refractivity contribution in [1.29, 1.82) is 0 Å². The largest absolute Gasteiger partial charge is 0.495 e. The van der Waals surface area contributed by atoms with E-state index in [1.807, 2.05) is 35.7 Å². The zero-order chi connectivity index (χ0) is 19.9. The predicted molar refractivity (Wildman–Crippen MR) is 116 cm³/mol. The van der Waals surface area contributed by atoms with Crippen LogP contribution in [-0.2, 0) is 4.79 Å². The fourth-order valence-corrected chi connectivity index (χ4v) is 3.90. The van der Waals surface area contributed by atoms with E-state index in [2.05, 4.69) is 10.6 Å². The van der Waals surface area contributed by atoms with Crippen molar-refractivity contribution in [3.05, 3.63) is 69.9 Å². The van der Waals surface area contributed by atoms with Crippen LogP contribution in [0.3, 0.4) is 0 Å². The quantitative estimate of drug-likeness (QED) is 0.491. The number of thiophene rings is 1. The molecular weight excluding hydrogens is 416 g/mol. The van der Waals surface area contributed by atoms with E-state index in [4.69, 9.17) is 16.3 Å². The van der Waals surface area contributed by atoms with Crippen LogP contribution in [0.15, 0.2) is 64.9 Å². The summed E-state index contributed by atoms with van der Waals surface area (Å²) in [6.45, 7) is 0. The molecule has 0 bridgehead atoms. The van der Waals surface area contributed by atoms with Crippen LogP contribution in [0.1, 0.15) is 9.67 Å². The maximum absolute atomic E-state index is 12.1. The average Bonchev–Trinajstić information content (AvgIpc) is 3.23. The number of methoxy groups -OCH3 is 1. The molecule has 0 saturated heterocycles. The third-order valence-corrected chi connectivity index (χ3v) is 5.84. The third kappa shape index (κ3) is 5.51. The van der Waals surface area contributed by atoms with E-state index < -0.39 is 0 Å². The summed E-state index contributed by atoms with van der Waals surface area (Å²) in [5, 5.41) is 7.94. The SMILES string of the molecule is COc1ccc(NC(=O)CSc2ccc(NC(=O)c3cccs3)cc2)cc1Cl. The zero-order valence-corrected chi connectivity index (χ0v) is 17.3. The molecular formula is C20H17ClN2O3S2. The van der Waals surface area contributed by atoms with Gasteiger partial charge in [0.1, 0.15) is 5.75 Å². The summed E-state index contributed by atoms with van der Waals surface area (Å²) in [5.74, 6) is 0.541. The summed E-state index contributed by atoms with van der Waals surface area (Å²) in [7, 11) is 1.54. The molecule has 0 radical (unpaired) electrons. The molecule has 0 fully saturated rings. The van der Waals surface area contributed by atoms with Crippen molar-refractivity contribution in [2.24, 2.45) is 0 Å². The minimum Gasteiger partial charge on any atom is -0.495 e. The molecule has 0 aliphatic carbocycles. The molecule has 1 heterocycles. The van der Waals surface area contributed by atoms with Crippen LogP contribution in [0.4, 0.5) is 11.4 Å². The average molecular weight is 433 g/mol. The van der Waals surface area contributed by atoms with E-state index in [9.17, 15) is 9.59 Å². The first-order chi connectivity index (χ1) is 13.5. The highest BCUT2D eigenvalue weighted by Crippen LogP contribution is 2.27. The van der Waals surface area contributed by atoms with Gasteiger partial charge in [0.2, 0.25) is 5.91 Å². The molecule has 5 nitrogen and oxygen atoms in total. The van der Waals surface area contributed by atoms with Crippen molar-refractivity contribution in [3.8, 4) is 5.75 Å². The first kappa shape index (κ1) is 20.3. The molecule has 0 saturated carbocycles. The number of ether oxygens (including phenoxy) is 1. The van der Waals surface area contributed by atoms with E-state index in [0.29, 0.717) is 27.0 Å². The molecule has 1 aromatic heterocycles. The topological polar surface area (TPSA) is 67.4 Å². The lowest BCUT2D eigenvalue weighted by Gasteiger charge is -2.08. The Hall–Kier alpha value is -2.48. The van der Waals surface area contributed by atoms with Crippen LogP contribution in [0.25, 0.3) is 0 Å². The highest BCUT2D eigenvalue weighted by Gasteiger charge is 2.08. The van der Waals surface area contributed by atoms with Gasteiger partial charge in [-0.25, -0.2) is 0 Å². The van der Waals surface area contributed by atoms with Gasteiger partial charge < -0.3 is 15.4 Å². The molecule has 2 aromatic carbocycles. The van der Waals surface area contributed by atoms with E-state index in [1.165, 1.54) is 30.2 Å². The normalized spacial score (nSPS) is 10.4. The summed E-state index contributed by atoms with van der Waals surface area (Å²) in [6, 6.07) is 16.1. The Morgan fingerprint density at radius 2 is 1.82 bits per heavy atom. The summed E-state index contributed by atoms with van der Waals surface area (Å²) >= 11 is 8.86. The monoisotopic (exact) mass is 432 g/mol. The van der Waals surface area contributed by atoms with Gasteiger partial charge in [0, 0.05) is 16.3 Å². The van der Waals surface area contributed by atoms with Crippen LogP contribution < -0.4 is 15.4 Å². The Morgan fingerprint density at radius 1 is 1.07 bits per heavy atom. The molecule has 8 heteroatoms. The number of benzene rings is 2. The molecule has 144 valence electrons. The number of hydrogen-bond donors (Lipinski definition) is 2. The summed E-state index contributed by atoms with van der Waals surface area (Å²) < 4.78 is 5.09. The number of nitrogens with one attached hydrogen (secondary N) is 2. The number of amides is 2. The van der Waals surface area contributed by atoms with Crippen molar-refractivity contribution in [3.63, 3.8) is 0 Å². The van der Waals surface area contributed by atoms with Gasteiger partial charge in [-0.15, -0.1) is 23.1 Å². The lowest BCUT2D eigenvalue weighted by atomic mass is 10.3. The Labute approximate surface area is 176 Å². The lowest BCUT2D eigenvalue weighted by Crippen LogP contribution is -2.14. The standard InChI is InChI=1S/C20H17ClN2O3S2/c1-26-17-9-6-14(11-16(17)21)22-19(24)12-28-15-7-4-13(5-8-15)23-20(25)18-3-2-10-27-18/h2-11H,12H2,1H3,(H,22,24)(H,23,25). The molecule has 0 spiro atoms. The van der Waals surface area contributed by atoms with Crippen LogP contribution in [0, 0.1) is 0 Å². The van der Waals surface area contributed by atoms with Crippen LogP contribution >= 0.6 is 34.7 Å². The number of rotatable bonds is 7. The minimum atomic E-state index is -0.138. The van der Waals surface area contributed by atoms with Gasteiger partial charge in [0.25, 0.3) is 5.91 Å². The number of anilines is 2. The fourth-order valence-electron chi connectivity index (χ4n) is 2.33. The van der Waals surface area contributed by atoms with Gasteiger partial charge in [-0.3, -0.25) is 9.59 Å². The first-order valence-corrected chi connectivity index (χ1v) is 10.5. The van der Waals surface area contributed by atoms with E-state index in [0.717, 1.165) is 4.90 Å². The van der Waals surface area contributed by atoms with Crippen LogP contribution in [-0.4, -0.2) is 24.7 Å². The minimum absolute atomic E-state index is 0.132. The van der Waals surface area contributed by atoms with E-state index in [-0.39, 0.29) is 17.6 Å². The maximum atomic E-state index is 12.1. The van der Waals surface area contributed by atoms with Gasteiger partial charge in [-0.05, 0) is 53.9 Å². The number of carbonyl (C=O) groups is 2. The van der Waals surface area contributed by atoms with Crippen molar-refractivity contribution in [2.75, 3.05) is 23.5 Å². The second kappa shape index (κ2) is 9.64. The highest BCUT2D eigenvalue weighted by molar-refractivity contribution is 8.00. The molecule has 2 N–H and O–H groups in total. The van der Waals surface area contributed by atoms with Gasteiger partial charge >= 0.3 is 0 Å². The van der Waals surface area contributed by atoms with Crippen molar-refractivity contribution in [2.45, 2.75) is 4.90 Å². The predicted octanol–water partition coefficient (Wildman–Crippen LogP) is 5.39. The van der Waals surface area contributed by atoms with E-state index in [1.54, 1.807) is 24.3 Å². The number of carbonyl (C=O) groups excluding carboxylic acids is 2. The molecule has 0 atom stereocenters. The molecule has 28 heavy (non-hydrogen) atoms. The smallest absolute Gasteiger partial charge is 0.265 e. The second-order valence-electron chi connectivity index (χ2n) is 5.64. The third-order valence-electron chi connectivity index (χ3n) is 3.66. The van der Waals surface area contributed by atoms with Gasteiger partial charge in [0.05, 0.1) is 22.8 Å². The molecule has 3 aromatic rings. The van der Waals surface area contributed by atoms with Crippen molar-refractivity contribution in [1.82, 2.24) is 0 Å². The number of hydrogen-bond acceptors (Lipinski definition) is 5. The molecule has 3 rings (SSSR count).